The lowest BCUT2D eigenvalue weighted by Gasteiger charge is -2.10. The van der Waals surface area contributed by atoms with Crippen LogP contribution in [-0.4, -0.2) is 21.6 Å². The van der Waals surface area contributed by atoms with E-state index in [1.165, 1.54) is 38.4 Å². The molecule has 28 heavy (non-hydrogen) atoms. The van der Waals surface area contributed by atoms with Crippen LogP contribution in [0.1, 0.15) is 16.7 Å². The summed E-state index contributed by atoms with van der Waals surface area (Å²) < 4.78 is 0.887. The summed E-state index contributed by atoms with van der Waals surface area (Å²) in [7, 11) is 0. The van der Waals surface area contributed by atoms with Crippen molar-refractivity contribution in [2.24, 2.45) is 0 Å². The summed E-state index contributed by atoms with van der Waals surface area (Å²) >= 11 is 7.25. The topological polar surface area (TPSA) is 27.8 Å². The van der Waals surface area contributed by atoms with E-state index in [0.717, 1.165) is 29.5 Å². The van der Waals surface area contributed by atoms with Gasteiger partial charge in [0.25, 0.3) is 0 Å². The summed E-state index contributed by atoms with van der Waals surface area (Å²) in [6, 6.07) is 21.6. The van der Waals surface area contributed by atoms with Gasteiger partial charge >= 0.3 is 0 Å². The van der Waals surface area contributed by atoms with Crippen molar-refractivity contribution in [2.75, 3.05) is 12.3 Å². The highest BCUT2D eigenvalue weighted by Crippen LogP contribution is 2.21. The summed E-state index contributed by atoms with van der Waals surface area (Å²) in [5, 5.41) is 7.32. The Labute approximate surface area is 175 Å². The molecule has 1 aromatic heterocycles. The summed E-state index contributed by atoms with van der Waals surface area (Å²) in [6.45, 7) is 3.06. The molecule has 0 saturated carbocycles. The maximum Gasteiger partial charge on any atom is 0.133 e. The number of thioether (sulfide) groups is 1. The number of aromatic amines is 1. The molecule has 4 rings (SSSR count). The quantitative estimate of drug-likeness (QED) is 0.385. The number of H-pyrrole nitrogens is 1. The molecule has 0 radical (unpaired) electrons. The van der Waals surface area contributed by atoms with Crippen molar-refractivity contribution in [1.82, 2.24) is 10.3 Å². The minimum atomic E-state index is 0.864. The van der Waals surface area contributed by atoms with Crippen LogP contribution in [0.4, 0.5) is 0 Å². The number of fused-ring (bicyclic) bond motifs is 2. The van der Waals surface area contributed by atoms with Gasteiger partial charge in [0.15, 0.2) is 0 Å². The minimum Gasteiger partial charge on any atom is -0.371 e. The van der Waals surface area contributed by atoms with Crippen LogP contribution in [0, 0.1) is 6.92 Å². The second kappa shape index (κ2) is 8.80. The Kier molecular flexibility index (Phi) is 5.98. The van der Waals surface area contributed by atoms with E-state index in [9.17, 15) is 0 Å². The highest BCUT2D eigenvalue weighted by atomic mass is 32.2. The fourth-order valence-electron chi connectivity index (χ4n) is 3.61. The second-order valence-electron chi connectivity index (χ2n) is 7.05. The SMILES string of the molecule is Cc1cc2ccccc2cc1CCSC(=S)NCCc1c[nH]c2ccccc12. The largest absolute Gasteiger partial charge is 0.371 e. The van der Waals surface area contributed by atoms with Gasteiger partial charge in [0.2, 0.25) is 0 Å². The third-order valence-corrected chi connectivity index (χ3v) is 6.46. The molecule has 2 N–H and O–H groups in total. The number of nitrogens with one attached hydrogen (secondary N) is 2. The summed E-state index contributed by atoms with van der Waals surface area (Å²) in [5.74, 6) is 0.998. The average molecular weight is 405 g/mol. The first-order valence-electron chi connectivity index (χ1n) is 9.64. The van der Waals surface area contributed by atoms with E-state index >= 15 is 0 Å². The molecule has 0 fully saturated rings. The van der Waals surface area contributed by atoms with E-state index in [2.05, 4.69) is 84.1 Å². The van der Waals surface area contributed by atoms with E-state index in [1.54, 1.807) is 11.8 Å². The lowest BCUT2D eigenvalue weighted by molar-refractivity contribution is 0.887. The van der Waals surface area contributed by atoms with Gasteiger partial charge in [0.1, 0.15) is 4.32 Å². The van der Waals surface area contributed by atoms with Crippen molar-refractivity contribution in [3.8, 4) is 0 Å². The van der Waals surface area contributed by atoms with Crippen LogP contribution in [0.5, 0.6) is 0 Å². The molecule has 0 aliphatic carbocycles. The zero-order valence-electron chi connectivity index (χ0n) is 16.0. The molecule has 4 aromatic rings. The first kappa shape index (κ1) is 19.0. The number of aromatic nitrogens is 1. The van der Waals surface area contributed by atoms with Crippen molar-refractivity contribution in [3.63, 3.8) is 0 Å². The van der Waals surface area contributed by atoms with E-state index in [0.29, 0.717) is 0 Å². The van der Waals surface area contributed by atoms with E-state index in [4.69, 9.17) is 12.2 Å². The Morgan fingerprint density at radius 1 is 0.964 bits per heavy atom. The van der Waals surface area contributed by atoms with E-state index < -0.39 is 0 Å². The Hall–Kier alpha value is -2.30. The highest BCUT2D eigenvalue weighted by Gasteiger charge is 2.05. The zero-order chi connectivity index (χ0) is 19.3. The van der Waals surface area contributed by atoms with Crippen molar-refractivity contribution in [2.45, 2.75) is 19.8 Å². The first-order valence-corrected chi connectivity index (χ1v) is 11.0. The molecule has 0 atom stereocenters. The molecule has 0 spiro atoms. The van der Waals surface area contributed by atoms with Crippen LogP contribution >= 0.6 is 24.0 Å². The molecule has 142 valence electrons. The number of hydrogen-bond acceptors (Lipinski definition) is 2. The standard InChI is InChI=1S/C24H24N2S2/c1-17-14-19-6-2-3-7-20(19)15-18(17)11-13-28-24(27)25-12-10-21-16-26-23-9-5-4-8-22(21)23/h2-9,14-16,26H,10-13H2,1H3,(H,25,27). The molecular formula is C24H24N2S2. The van der Waals surface area contributed by atoms with Gasteiger partial charge in [-0.15, -0.1) is 0 Å². The van der Waals surface area contributed by atoms with Crippen molar-refractivity contribution < 1.29 is 0 Å². The van der Waals surface area contributed by atoms with Gasteiger partial charge in [-0.1, -0.05) is 78.6 Å². The predicted octanol–water partition coefficient (Wildman–Crippen LogP) is 6.02. The second-order valence-corrected chi connectivity index (χ2v) is 8.82. The maximum atomic E-state index is 5.51. The zero-order valence-corrected chi connectivity index (χ0v) is 17.6. The van der Waals surface area contributed by atoms with Crippen LogP contribution in [0.25, 0.3) is 21.7 Å². The molecule has 0 unspecified atom stereocenters. The number of rotatable bonds is 6. The number of para-hydroxylation sites is 1. The van der Waals surface area contributed by atoms with Crippen LogP contribution in [0.2, 0.25) is 0 Å². The van der Waals surface area contributed by atoms with Gasteiger partial charge in [0.05, 0.1) is 0 Å². The molecule has 0 bridgehead atoms. The smallest absolute Gasteiger partial charge is 0.133 e. The Balaban J connectivity index is 1.25. The molecule has 0 saturated heterocycles. The molecule has 0 aliphatic rings. The van der Waals surface area contributed by atoms with Crippen molar-refractivity contribution in [3.05, 3.63) is 83.6 Å². The van der Waals surface area contributed by atoms with Crippen LogP contribution in [0.15, 0.2) is 66.9 Å². The van der Waals surface area contributed by atoms with Gasteiger partial charge in [0, 0.05) is 29.4 Å². The van der Waals surface area contributed by atoms with E-state index in [-0.39, 0.29) is 0 Å². The van der Waals surface area contributed by atoms with Gasteiger partial charge in [-0.05, 0) is 53.3 Å². The molecule has 0 amide bonds. The Morgan fingerprint density at radius 3 is 2.57 bits per heavy atom. The van der Waals surface area contributed by atoms with E-state index in [1.807, 2.05) is 0 Å². The highest BCUT2D eigenvalue weighted by molar-refractivity contribution is 8.22. The average Bonchev–Trinajstić information content (AvgIpc) is 3.12. The minimum absolute atomic E-state index is 0.864. The third kappa shape index (κ3) is 4.40. The van der Waals surface area contributed by atoms with Crippen molar-refractivity contribution in [1.29, 1.82) is 0 Å². The molecule has 3 aromatic carbocycles. The lowest BCUT2D eigenvalue weighted by atomic mass is 10.0. The third-order valence-electron chi connectivity index (χ3n) is 5.15. The molecule has 0 aliphatic heterocycles. The summed E-state index contributed by atoms with van der Waals surface area (Å²) in [5.41, 5.74) is 5.30. The molecule has 4 heteroatoms. The molecule has 1 heterocycles. The summed E-state index contributed by atoms with van der Waals surface area (Å²) in [4.78, 5) is 3.33. The lowest BCUT2D eigenvalue weighted by Crippen LogP contribution is -2.21. The van der Waals surface area contributed by atoms with Gasteiger partial charge in [-0.2, -0.15) is 0 Å². The number of benzene rings is 3. The maximum absolute atomic E-state index is 5.51. The Bertz CT molecular complexity index is 1110. The number of aryl methyl sites for hydroxylation is 2. The Morgan fingerprint density at radius 2 is 1.71 bits per heavy atom. The normalized spacial score (nSPS) is 11.2. The fraction of sp³-hybridized carbons (Fsp3) is 0.208. The van der Waals surface area contributed by atoms with Crippen LogP contribution in [-0.2, 0) is 12.8 Å². The number of hydrogen-bond donors (Lipinski definition) is 2. The molecule has 2 nitrogen and oxygen atoms in total. The molecular weight excluding hydrogens is 380 g/mol. The van der Waals surface area contributed by atoms with Gasteiger partial charge in [-0.3, -0.25) is 0 Å². The predicted molar refractivity (Wildman–Crippen MR) is 127 cm³/mol. The van der Waals surface area contributed by atoms with Gasteiger partial charge in [-0.25, -0.2) is 0 Å². The summed E-state index contributed by atoms with van der Waals surface area (Å²) in [6.07, 6.45) is 4.10. The van der Waals surface area contributed by atoms with Gasteiger partial charge < -0.3 is 10.3 Å². The first-order chi connectivity index (χ1) is 13.7. The van der Waals surface area contributed by atoms with Crippen LogP contribution < -0.4 is 5.32 Å². The van der Waals surface area contributed by atoms with Crippen molar-refractivity contribution >= 4 is 50.0 Å². The fourth-order valence-corrected chi connectivity index (χ4v) is 4.68. The van der Waals surface area contributed by atoms with Crippen LogP contribution in [0.3, 0.4) is 0 Å². The monoisotopic (exact) mass is 404 g/mol. The number of thiocarbonyl (C=S) groups is 1.